The van der Waals surface area contributed by atoms with Crippen LogP contribution in [0.2, 0.25) is 0 Å². The van der Waals surface area contributed by atoms with E-state index in [-0.39, 0.29) is 39.8 Å². The van der Waals surface area contributed by atoms with Crippen molar-refractivity contribution in [3.8, 4) is 0 Å². The van der Waals surface area contributed by atoms with Gasteiger partial charge in [-0.05, 0) is 0 Å². The van der Waals surface area contributed by atoms with Gasteiger partial charge in [-0.1, -0.05) is 0 Å². The van der Waals surface area contributed by atoms with Crippen LogP contribution >= 0.6 is 0 Å². The molecule has 0 unspecified atom stereocenters. The first-order valence-corrected chi connectivity index (χ1v) is 6.63. The number of hydrogen-bond donors (Lipinski definition) is 0. The fourth-order valence-electron chi connectivity index (χ4n) is 0. The van der Waals surface area contributed by atoms with Crippen LogP contribution in [0.25, 0.3) is 0 Å². The molecule has 0 saturated carbocycles. The zero-order valence-corrected chi connectivity index (χ0v) is 9.48. The maximum atomic E-state index is 8.64. The van der Waals surface area contributed by atoms with Crippen molar-refractivity contribution in [3.63, 3.8) is 0 Å². The van der Waals surface area contributed by atoms with Gasteiger partial charge in [0.2, 0.25) is 0 Å². The van der Waals surface area contributed by atoms with Crippen LogP contribution in [0.4, 0.5) is 0 Å². The van der Waals surface area contributed by atoms with E-state index in [0.29, 0.717) is 0 Å². The van der Waals surface area contributed by atoms with Gasteiger partial charge in [-0.25, -0.2) is 0 Å². The van der Waals surface area contributed by atoms with Crippen LogP contribution in [0.5, 0.6) is 0 Å². The summed E-state index contributed by atoms with van der Waals surface area (Å²) in [4.78, 5) is 0. The first-order chi connectivity index (χ1) is 2.73. The Labute approximate surface area is 74.1 Å². The van der Waals surface area contributed by atoms with Crippen molar-refractivity contribution >= 4 is 0 Å². The van der Waals surface area contributed by atoms with Gasteiger partial charge in [0.05, 0.1) is 0 Å². The first-order valence-electron chi connectivity index (χ1n) is 0.911. The Morgan fingerprint density at radius 1 is 1.00 bits per heavy atom. The number of hydrogen-bond acceptors (Lipinski definition) is 4. The van der Waals surface area contributed by atoms with Crippen molar-refractivity contribution < 1.29 is 76.0 Å². The third-order valence-corrected chi connectivity index (χ3v) is 0. The molecule has 0 aliphatic carbocycles. The van der Waals surface area contributed by atoms with Gasteiger partial charge in [-0.3, -0.25) is 0 Å². The molecule has 0 aliphatic rings. The van der Waals surface area contributed by atoms with E-state index in [0.717, 1.165) is 0 Å². The second kappa shape index (κ2) is 9.91. The molecule has 0 saturated heterocycles. The Kier molecular flexibility index (Phi) is 17.7. The van der Waals surface area contributed by atoms with Crippen molar-refractivity contribution in [3.05, 3.63) is 0 Å². The molecular weight excluding hydrogens is 343 g/mol. The van der Waals surface area contributed by atoms with E-state index in [2.05, 4.69) is 0 Å². The average molecular weight is 343 g/mol. The molecular formula is CeLaO4. The van der Waals surface area contributed by atoms with Crippen LogP contribution in [-0.4, -0.2) is 0 Å². The summed E-state index contributed by atoms with van der Waals surface area (Å²) in [6.45, 7) is 0. The molecule has 6 heavy (non-hydrogen) atoms. The third-order valence-electron chi connectivity index (χ3n) is 0. The molecule has 0 radical (unpaired) electrons. The topological polar surface area (TPSA) is 68.3 Å². The molecule has 4 nitrogen and oxygen atoms in total. The summed E-state index contributed by atoms with van der Waals surface area (Å²) in [5.41, 5.74) is 0. The molecule has 0 amide bonds. The average Bonchev–Trinajstić information content (AvgIpc) is 1.41. The minimum atomic E-state index is -4.47. The Balaban J connectivity index is 0. The summed E-state index contributed by atoms with van der Waals surface area (Å²) < 4.78 is 34.3. The van der Waals surface area contributed by atoms with E-state index in [1.807, 2.05) is 0 Å². The molecule has 0 aliphatic heterocycles. The first kappa shape index (κ1) is 10.7. The Hall–Kier alpha value is 1.77. The van der Waals surface area contributed by atoms with Crippen molar-refractivity contribution in [1.29, 1.82) is 0 Å². The summed E-state index contributed by atoms with van der Waals surface area (Å²) in [6, 6.07) is 0. The normalized spacial score (nSPS) is 3.00. The van der Waals surface area contributed by atoms with Gasteiger partial charge in [0.25, 0.3) is 0 Å². The SMILES string of the molecule is [O]=[Ce].[O]=[La](=[O])=[O]. The molecule has 0 aromatic heterocycles. The van der Waals surface area contributed by atoms with Crippen LogP contribution in [0.1, 0.15) is 0 Å². The quantitative estimate of drug-likeness (QED) is 0.596. The zero-order chi connectivity index (χ0) is 5.58. The molecule has 0 fully saturated rings. The predicted octanol–water partition coefficient (Wildman–Crippen LogP) is -0.475. The molecule has 0 spiro atoms. The van der Waals surface area contributed by atoms with Gasteiger partial charge in [0, 0.05) is 0 Å². The molecule has 6 heteroatoms. The summed E-state index contributed by atoms with van der Waals surface area (Å²) in [7, 11) is 0. The van der Waals surface area contributed by atoms with Crippen molar-refractivity contribution in [2.24, 2.45) is 0 Å². The second-order valence-corrected chi connectivity index (χ2v) is 2.10. The molecule has 0 bridgehead atoms. The summed E-state index contributed by atoms with van der Waals surface area (Å²) in [5.74, 6) is 0. The van der Waals surface area contributed by atoms with Gasteiger partial charge >= 0.3 is 76.0 Å². The monoisotopic (exact) mass is 343 g/mol. The van der Waals surface area contributed by atoms with Crippen LogP contribution in [0, 0.1) is 70.0 Å². The zero-order valence-electron chi connectivity index (χ0n) is 2.71. The Bertz CT molecular complexity index is 87.7. The molecule has 0 atom stereocenters. The van der Waals surface area contributed by atoms with E-state index in [1.165, 1.54) is 0 Å². The fourth-order valence-corrected chi connectivity index (χ4v) is 0. The van der Waals surface area contributed by atoms with E-state index < -0.39 is 30.2 Å². The van der Waals surface area contributed by atoms with Gasteiger partial charge in [0.15, 0.2) is 0 Å². The van der Waals surface area contributed by atoms with E-state index >= 15 is 0 Å². The second-order valence-electron chi connectivity index (χ2n) is 0.289. The van der Waals surface area contributed by atoms with E-state index in [1.54, 1.807) is 0 Å². The molecule has 0 rings (SSSR count). The summed E-state index contributed by atoms with van der Waals surface area (Å²) in [6.07, 6.45) is 0. The van der Waals surface area contributed by atoms with E-state index in [4.69, 9.17) is 6.02 Å². The van der Waals surface area contributed by atoms with Crippen LogP contribution in [0.3, 0.4) is 0 Å². The minimum absolute atomic E-state index is 0.0556. The predicted molar refractivity (Wildman–Crippen MR) is 2.75 cm³/mol. The van der Waals surface area contributed by atoms with Crippen LogP contribution in [-0.2, 0) is 6.02 Å². The fraction of sp³-hybridized carbons (Fsp3) is 0. The maximum absolute atomic E-state index is 8.64. The third kappa shape index (κ3) is 41.9. The Morgan fingerprint density at radius 2 is 1.00 bits per heavy atom. The van der Waals surface area contributed by atoms with Gasteiger partial charge in [-0.15, -0.1) is 0 Å². The Morgan fingerprint density at radius 3 is 1.00 bits per heavy atom. The summed E-state index contributed by atoms with van der Waals surface area (Å²) in [5, 5.41) is 0. The van der Waals surface area contributed by atoms with E-state index in [9.17, 15) is 0 Å². The van der Waals surface area contributed by atoms with Crippen LogP contribution in [0.15, 0.2) is 0 Å². The molecule has 0 N–H and O–H groups in total. The molecule has 0 aromatic carbocycles. The van der Waals surface area contributed by atoms with Crippen molar-refractivity contribution in [1.82, 2.24) is 0 Å². The molecule has 0 heterocycles. The van der Waals surface area contributed by atoms with Gasteiger partial charge in [0.1, 0.15) is 0 Å². The van der Waals surface area contributed by atoms with Crippen molar-refractivity contribution in [2.75, 3.05) is 0 Å². The van der Waals surface area contributed by atoms with Crippen molar-refractivity contribution in [2.45, 2.75) is 0 Å². The van der Waals surface area contributed by atoms with Gasteiger partial charge < -0.3 is 0 Å². The number of rotatable bonds is 0. The summed E-state index contributed by atoms with van der Waals surface area (Å²) >= 11 is -4.42. The van der Waals surface area contributed by atoms with Crippen LogP contribution < -0.4 is 0 Å². The molecule has 0 aromatic rings. The molecule has 31 valence electrons. The standard InChI is InChI=1S/Ce.La.4O. The van der Waals surface area contributed by atoms with Gasteiger partial charge in [-0.2, -0.15) is 0 Å².